The fraction of sp³-hybridized carbons (Fsp3) is 0.536. The molecular weight excluding hydrogens is 382 g/mol. The molecule has 2 saturated carbocycles. The molecule has 31 heavy (non-hydrogen) atoms. The van der Waals surface area contributed by atoms with Gasteiger partial charge in [0.15, 0.2) is 5.78 Å². The molecule has 4 aliphatic carbocycles. The van der Waals surface area contributed by atoms with Crippen LogP contribution in [-0.2, 0) is 4.79 Å². The second-order valence-corrected chi connectivity index (χ2v) is 10.1. The van der Waals surface area contributed by atoms with Gasteiger partial charge < -0.3 is 10.4 Å². The Morgan fingerprint density at radius 3 is 2.65 bits per heavy atom. The summed E-state index contributed by atoms with van der Waals surface area (Å²) in [4.78, 5) is 12.2. The van der Waals surface area contributed by atoms with E-state index < -0.39 is 6.10 Å². The van der Waals surface area contributed by atoms with Crippen LogP contribution in [0.2, 0.25) is 0 Å². The van der Waals surface area contributed by atoms with Crippen LogP contribution in [0.1, 0.15) is 63.9 Å². The molecule has 0 saturated heterocycles. The number of allylic oxidation sites excluding steroid dienone is 2. The maximum Gasteiger partial charge on any atom is 0.156 e. The van der Waals surface area contributed by atoms with Crippen molar-refractivity contribution in [1.82, 2.24) is 0 Å². The zero-order valence-electron chi connectivity index (χ0n) is 18.9. The number of benzene rings is 1. The van der Waals surface area contributed by atoms with Crippen molar-refractivity contribution in [3.63, 3.8) is 0 Å². The van der Waals surface area contributed by atoms with Gasteiger partial charge in [-0.15, -0.1) is 5.92 Å². The number of aliphatic hydroxyl groups is 1. The van der Waals surface area contributed by atoms with Gasteiger partial charge in [-0.3, -0.25) is 4.79 Å². The molecule has 1 aromatic rings. The van der Waals surface area contributed by atoms with Gasteiger partial charge in [-0.1, -0.05) is 30.6 Å². The SMILES string of the molecule is CC#CC1CC[C@H]2[C@H]3C(=C4CCC(=O)C=C4CC3O)C(c3ccc(NC)cc3)C[C@]12C. The summed E-state index contributed by atoms with van der Waals surface area (Å²) in [5.41, 5.74) is 6.45. The van der Waals surface area contributed by atoms with Crippen LogP contribution in [0.3, 0.4) is 0 Å². The summed E-state index contributed by atoms with van der Waals surface area (Å²) in [6.45, 7) is 4.38. The molecule has 3 unspecified atom stereocenters. The highest BCUT2D eigenvalue weighted by Gasteiger charge is 2.58. The average molecular weight is 416 g/mol. The number of hydrogen-bond acceptors (Lipinski definition) is 3. The van der Waals surface area contributed by atoms with E-state index in [2.05, 4.69) is 48.3 Å². The van der Waals surface area contributed by atoms with Crippen molar-refractivity contribution in [2.75, 3.05) is 12.4 Å². The number of ketones is 1. The quantitative estimate of drug-likeness (QED) is 0.650. The molecule has 0 aliphatic heterocycles. The monoisotopic (exact) mass is 415 g/mol. The molecule has 0 aromatic heterocycles. The average Bonchev–Trinajstić information content (AvgIpc) is 3.09. The van der Waals surface area contributed by atoms with Gasteiger partial charge in [0.2, 0.25) is 0 Å². The lowest BCUT2D eigenvalue weighted by molar-refractivity contribution is -0.114. The third-order valence-electron chi connectivity index (χ3n) is 8.68. The maximum atomic E-state index is 12.2. The molecule has 0 bridgehead atoms. The molecule has 3 nitrogen and oxygen atoms in total. The number of nitrogens with one attached hydrogen (secondary N) is 1. The van der Waals surface area contributed by atoms with Crippen LogP contribution >= 0.6 is 0 Å². The van der Waals surface area contributed by atoms with Crippen molar-refractivity contribution in [2.24, 2.45) is 23.2 Å². The van der Waals surface area contributed by atoms with Crippen LogP contribution in [0.25, 0.3) is 0 Å². The predicted octanol–water partition coefficient (Wildman–Crippen LogP) is 5.24. The highest BCUT2D eigenvalue weighted by atomic mass is 16.3. The molecule has 0 amide bonds. The first-order valence-corrected chi connectivity index (χ1v) is 11.8. The fourth-order valence-electron chi connectivity index (χ4n) is 7.25. The Kier molecular flexibility index (Phi) is 5.10. The largest absolute Gasteiger partial charge is 0.392 e. The van der Waals surface area contributed by atoms with E-state index in [1.165, 1.54) is 16.7 Å². The number of fused-ring (bicyclic) bond motifs is 4. The Hall–Kier alpha value is -2.31. The summed E-state index contributed by atoms with van der Waals surface area (Å²) >= 11 is 0. The molecule has 5 rings (SSSR count). The minimum atomic E-state index is -0.409. The van der Waals surface area contributed by atoms with E-state index >= 15 is 0 Å². The molecule has 0 heterocycles. The molecule has 6 atom stereocenters. The summed E-state index contributed by atoms with van der Waals surface area (Å²) in [7, 11) is 1.95. The van der Waals surface area contributed by atoms with Crippen molar-refractivity contribution in [1.29, 1.82) is 0 Å². The minimum absolute atomic E-state index is 0.108. The lowest BCUT2D eigenvalue weighted by Gasteiger charge is -2.53. The smallest absolute Gasteiger partial charge is 0.156 e. The van der Waals surface area contributed by atoms with E-state index in [-0.39, 0.29) is 23.0 Å². The summed E-state index contributed by atoms with van der Waals surface area (Å²) in [6, 6.07) is 8.81. The van der Waals surface area contributed by atoms with Gasteiger partial charge in [0, 0.05) is 36.9 Å². The van der Waals surface area contributed by atoms with Gasteiger partial charge in [0.1, 0.15) is 0 Å². The van der Waals surface area contributed by atoms with Gasteiger partial charge in [0.05, 0.1) is 6.10 Å². The normalized spacial score (nSPS) is 36.6. The highest BCUT2D eigenvalue weighted by molar-refractivity contribution is 5.93. The Morgan fingerprint density at radius 2 is 1.94 bits per heavy atom. The number of carbonyl (C=O) groups excluding carboxylic acids is 1. The Balaban J connectivity index is 1.69. The van der Waals surface area contributed by atoms with E-state index in [0.29, 0.717) is 24.7 Å². The third kappa shape index (κ3) is 3.19. The second kappa shape index (κ2) is 7.68. The second-order valence-electron chi connectivity index (χ2n) is 10.1. The third-order valence-corrected chi connectivity index (χ3v) is 8.68. The molecule has 3 heteroatoms. The van der Waals surface area contributed by atoms with E-state index in [1.54, 1.807) is 0 Å². The van der Waals surface area contributed by atoms with Crippen molar-refractivity contribution in [3.05, 3.63) is 52.6 Å². The van der Waals surface area contributed by atoms with Crippen LogP contribution in [0.5, 0.6) is 0 Å². The van der Waals surface area contributed by atoms with Crippen LogP contribution < -0.4 is 5.32 Å². The minimum Gasteiger partial charge on any atom is -0.392 e. The summed E-state index contributed by atoms with van der Waals surface area (Å²) in [5.74, 6) is 8.24. The number of hydrogen-bond donors (Lipinski definition) is 2. The van der Waals surface area contributed by atoms with E-state index in [9.17, 15) is 9.90 Å². The standard InChI is InChI=1S/C28H33NO2/c1-4-5-19-8-13-24-27-25(31)15-18-14-21(30)11-12-22(18)26(27)23(16-28(19,24)2)17-6-9-20(29-3)10-7-17/h6-7,9-10,14,19,23-25,27,29,31H,8,11-13,15-16H2,1-3H3/t19?,23?,24-,25?,27+,28+/m0/s1. The maximum absolute atomic E-state index is 12.2. The Labute approximate surface area is 186 Å². The number of anilines is 1. The molecule has 2 fully saturated rings. The predicted molar refractivity (Wildman–Crippen MR) is 125 cm³/mol. The molecule has 0 radical (unpaired) electrons. The van der Waals surface area contributed by atoms with Gasteiger partial charge in [-0.2, -0.15) is 0 Å². The Morgan fingerprint density at radius 1 is 1.16 bits per heavy atom. The van der Waals surface area contributed by atoms with Gasteiger partial charge in [-0.25, -0.2) is 0 Å². The van der Waals surface area contributed by atoms with Crippen molar-refractivity contribution >= 4 is 11.5 Å². The first-order chi connectivity index (χ1) is 15.0. The van der Waals surface area contributed by atoms with E-state index in [4.69, 9.17) is 0 Å². The zero-order valence-corrected chi connectivity index (χ0v) is 18.9. The molecular formula is C28H33NO2. The van der Waals surface area contributed by atoms with Gasteiger partial charge in [-0.05, 0) is 85.3 Å². The molecule has 1 aromatic carbocycles. The summed E-state index contributed by atoms with van der Waals surface area (Å²) in [5, 5.41) is 14.6. The summed E-state index contributed by atoms with van der Waals surface area (Å²) in [6.07, 6.45) is 6.79. The van der Waals surface area contributed by atoms with E-state index in [0.717, 1.165) is 36.9 Å². The van der Waals surface area contributed by atoms with Crippen molar-refractivity contribution < 1.29 is 9.90 Å². The Bertz CT molecular complexity index is 1020. The number of rotatable bonds is 2. The first kappa shape index (κ1) is 20.6. The molecule has 162 valence electrons. The zero-order chi connectivity index (χ0) is 21.8. The van der Waals surface area contributed by atoms with Crippen LogP contribution in [0.4, 0.5) is 5.69 Å². The first-order valence-electron chi connectivity index (χ1n) is 11.8. The van der Waals surface area contributed by atoms with Crippen LogP contribution in [0.15, 0.2) is 47.1 Å². The lowest BCUT2D eigenvalue weighted by Crippen LogP contribution is -2.48. The topological polar surface area (TPSA) is 49.3 Å². The molecule has 2 N–H and O–H groups in total. The highest BCUT2D eigenvalue weighted by Crippen LogP contribution is 2.65. The van der Waals surface area contributed by atoms with Gasteiger partial charge in [0.25, 0.3) is 0 Å². The number of carbonyl (C=O) groups is 1. The molecule has 4 aliphatic rings. The van der Waals surface area contributed by atoms with E-state index in [1.807, 2.05) is 20.0 Å². The lowest BCUT2D eigenvalue weighted by atomic mass is 9.51. The van der Waals surface area contributed by atoms with Crippen LogP contribution in [0, 0.1) is 35.0 Å². The van der Waals surface area contributed by atoms with Gasteiger partial charge >= 0.3 is 0 Å². The van der Waals surface area contributed by atoms with Crippen molar-refractivity contribution in [2.45, 2.75) is 64.4 Å². The summed E-state index contributed by atoms with van der Waals surface area (Å²) < 4.78 is 0. The van der Waals surface area contributed by atoms with Crippen LogP contribution in [-0.4, -0.2) is 24.0 Å². The van der Waals surface area contributed by atoms with Crippen molar-refractivity contribution in [3.8, 4) is 11.8 Å². The number of aliphatic hydroxyl groups excluding tert-OH is 1. The molecule has 0 spiro atoms. The fourth-order valence-corrected chi connectivity index (χ4v) is 7.25.